The van der Waals surface area contributed by atoms with Gasteiger partial charge in [-0.1, -0.05) is 57.7 Å². The van der Waals surface area contributed by atoms with E-state index in [1.165, 1.54) is 0 Å². The van der Waals surface area contributed by atoms with Gasteiger partial charge in [-0.05, 0) is 36.8 Å². The second-order valence-corrected chi connectivity index (χ2v) is 13.7. The fourth-order valence-electron chi connectivity index (χ4n) is 3.13. The average molecular weight is 308 g/mol. The summed E-state index contributed by atoms with van der Waals surface area (Å²) in [5, 5.41) is 3.49. The first-order valence-electron chi connectivity index (χ1n) is 8.15. The summed E-state index contributed by atoms with van der Waals surface area (Å²) in [6, 6.07) is 0.246. The molecule has 3 heteroatoms. The molecule has 0 fully saturated rings. The molecule has 0 aliphatic heterocycles. The Kier molecular flexibility index (Phi) is 6.03. The van der Waals surface area contributed by atoms with E-state index in [0.29, 0.717) is 10.6 Å². The molecule has 0 radical (unpaired) electrons. The zero-order chi connectivity index (χ0) is 16.3. The minimum Gasteiger partial charge on any atom is -0.354 e. The summed E-state index contributed by atoms with van der Waals surface area (Å²) < 4.78 is 0. The molecule has 0 spiro atoms. The lowest BCUT2D eigenvalue weighted by molar-refractivity contribution is -0.119. The highest BCUT2D eigenvalue weighted by atomic mass is 28.3. The minimum atomic E-state index is -1.53. The van der Waals surface area contributed by atoms with E-state index in [1.54, 1.807) is 12.5 Å². The Bertz CT molecular complexity index is 429. The number of amides is 1. The van der Waals surface area contributed by atoms with Crippen molar-refractivity contribution in [3.05, 3.63) is 23.8 Å². The Morgan fingerprint density at radius 1 is 1.33 bits per heavy atom. The molecule has 0 aromatic heterocycles. The maximum absolute atomic E-state index is 11.5. The molecule has 2 nitrogen and oxygen atoms in total. The van der Waals surface area contributed by atoms with Crippen LogP contribution in [0.2, 0.25) is 23.7 Å². The number of allylic oxidation sites excluding steroid dienone is 4. The van der Waals surface area contributed by atoms with E-state index in [4.69, 9.17) is 0 Å². The lowest BCUT2D eigenvalue weighted by atomic mass is 9.98. The van der Waals surface area contributed by atoms with Gasteiger partial charge in [-0.15, -0.1) is 0 Å². The highest BCUT2D eigenvalue weighted by Gasteiger charge is 2.44. The summed E-state index contributed by atoms with van der Waals surface area (Å²) in [5.74, 6) is 0.0868. The molecule has 120 valence electrons. The van der Waals surface area contributed by atoms with Crippen molar-refractivity contribution in [3.63, 3.8) is 0 Å². The van der Waals surface area contributed by atoms with Crippen LogP contribution in [0.3, 0.4) is 0 Å². The highest BCUT2D eigenvalue weighted by Crippen LogP contribution is 2.47. The fraction of sp³-hybridized carbons (Fsp3) is 0.722. The van der Waals surface area contributed by atoms with Crippen LogP contribution in [0.4, 0.5) is 0 Å². The van der Waals surface area contributed by atoms with Gasteiger partial charge in [-0.2, -0.15) is 0 Å². The van der Waals surface area contributed by atoms with Gasteiger partial charge in [0.25, 0.3) is 0 Å². The van der Waals surface area contributed by atoms with E-state index in [9.17, 15) is 4.79 Å². The van der Waals surface area contributed by atoms with E-state index < -0.39 is 8.07 Å². The van der Waals surface area contributed by atoms with Gasteiger partial charge in [-0.25, -0.2) is 0 Å². The summed E-state index contributed by atoms with van der Waals surface area (Å²) in [4.78, 5) is 11.5. The van der Waals surface area contributed by atoms with Gasteiger partial charge in [0.15, 0.2) is 0 Å². The third-order valence-electron chi connectivity index (χ3n) is 5.47. The summed E-state index contributed by atoms with van der Waals surface area (Å²) >= 11 is 0. The van der Waals surface area contributed by atoms with Crippen LogP contribution in [0.25, 0.3) is 0 Å². The molecule has 0 saturated heterocycles. The quantitative estimate of drug-likeness (QED) is 0.558. The predicted octanol–water partition coefficient (Wildman–Crippen LogP) is 5.06. The van der Waals surface area contributed by atoms with Crippen LogP contribution in [0.15, 0.2) is 23.8 Å². The number of hydrogen-bond acceptors (Lipinski definition) is 1. The van der Waals surface area contributed by atoms with E-state index in [1.807, 2.05) is 0 Å². The lowest BCUT2D eigenvalue weighted by Crippen LogP contribution is -2.50. The van der Waals surface area contributed by atoms with Crippen molar-refractivity contribution in [2.24, 2.45) is 0 Å². The van der Waals surface area contributed by atoms with Crippen molar-refractivity contribution < 1.29 is 4.79 Å². The monoisotopic (exact) mass is 307 g/mol. The number of hydrogen-bond donors (Lipinski definition) is 1. The standard InChI is InChI=1S/C18H33NOSi/c1-14(19-15(2)20)17(21(6,7)18(3,4)5)13-16-11-9-8-10-12-16/h8-9,12,14,17H,10-11,13H2,1-7H3,(H,19,20)/t14-,17+/m1/s1. The molecule has 1 N–H and O–H groups in total. The molecule has 0 heterocycles. The third-order valence-corrected chi connectivity index (χ3v) is 11.9. The largest absolute Gasteiger partial charge is 0.354 e. The molecule has 1 rings (SSSR count). The van der Waals surface area contributed by atoms with Crippen LogP contribution in [-0.4, -0.2) is 20.0 Å². The van der Waals surface area contributed by atoms with Gasteiger partial charge in [0, 0.05) is 13.0 Å². The molecular formula is C18H33NOSi. The highest BCUT2D eigenvalue weighted by molar-refractivity contribution is 6.81. The number of carbonyl (C=O) groups is 1. The maximum Gasteiger partial charge on any atom is 0.217 e. The molecule has 0 unspecified atom stereocenters. The summed E-state index contributed by atoms with van der Waals surface area (Å²) in [6.45, 7) is 15.9. The zero-order valence-corrected chi connectivity index (χ0v) is 15.9. The van der Waals surface area contributed by atoms with E-state index >= 15 is 0 Å². The minimum absolute atomic E-state index is 0.0868. The third kappa shape index (κ3) is 4.84. The number of carbonyl (C=O) groups excluding carboxylic acids is 1. The van der Waals surface area contributed by atoms with Crippen LogP contribution in [0.1, 0.15) is 53.9 Å². The van der Waals surface area contributed by atoms with Crippen molar-refractivity contribution >= 4 is 14.0 Å². The molecule has 0 aromatic rings. The van der Waals surface area contributed by atoms with Gasteiger partial charge >= 0.3 is 0 Å². The first-order valence-corrected chi connectivity index (χ1v) is 11.2. The van der Waals surface area contributed by atoms with Crippen LogP contribution < -0.4 is 5.32 Å². The second kappa shape index (κ2) is 6.95. The van der Waals surface area contributed by atoms with Crippen molar-refractivity contribution in [3.8, 4) is 0 Å². The molecule has 0 bridgehead atoms. The molecule has 2 atom stereocenters. The maximum atomic E-state index is 11.5. The van der Waals surface area contributed by atoms with Gasteiger partial charge < -0.3 is 5.32 Å². The molecule has 21 heavy (non-hydrogen) atoms. The Morgan fingerprint density at radius 2 is 1.95 bits per heavy atom. The molecule has 1 aliphatic carbocycles. The van der Waals surface area contributed by atoms with Gasteiger partial charge in [-0.3, -0.25) is 4.79 Å². The topological polar surface area (TPSA) is 29.1 Å². The van der Waals surface area contributed by atoms with Crippen molar-refractivity contribution in [2.75, 3.05) is 0 Å². The summed E-state index contributed by atoms with van der Waals surface area (Å²) in [6.07, 6.45) is 10.2. The van der Waals surface area contributed by atoms with Crippen molar-refractivity contribution in [1.29, 1.82) is 0 Å². The van der Waals surface area contributed by atoms with Crippen LogP contribution in [-0.2, 0) is 4.79 Å². The number of rotatable bonds is 5. The molecule has 1 amide bonds. The van der Waals surface area contributed by atoms with Crippen molar-refractivity contribution in [2.45, 2.75) is 83.6 Å². The first-order chi connectivity index (χ1) is 9.55. The normalized spacial score (nSPS) is 18.9. The Labute approximate surface area is 132 Å². The van der Waals surface area contributed by atoms with Gasteiger partial charge in [0.2, 0.25) is 5.91 Å². The van der Waals surface area contributed by atoms with Gasteiger partial charge in [0.05, 0.1) is 8.07 Å². The molecule has 1 aliphatic rings. The fourth-order valence-corrected chi connectivity index (χ4v) is 6.35. The summed E-state index contributed by atoms with van der Waals surface area (Å²) in [5.41, 5.74) is 2.11. The van der Waals surface area contributed by atoms with Gasteiger partial charge in [0.1, 0.15) is 0 Å². The Balaban J connectivity index is 2.99. The Morgan fingerprint density at radius 3 is 2.38 bits per heavy atom. The van der Waals surface area contributed by atoms with Crippen LogP contribution in [0, 0.1) is 0 Å². The molecule has 0 aromatic carbocycles. The van der Waals surface area contributed by atoms with Crippen LogP contribution >= 0.6 is 0 Å². The zero-order valence-electron chi connectivity index (χ0n) is 14.9. The molecule has 0 saturated carbocycles. The van der Waals surface area contributed by atoms with Crippen molar-refractivity contribution in [1.82, 2.24) is 5.32 Å². The first kappa shape index (κ1) is 18.2. The smallest absolute Gasteiger partial charge is 0.217 e. The van der Waals surface area contributed by atoms with E-state index in [2.05, 4.69) is 64.3 Å². The van der Waals surface area contributed by atoms with Crippen LogP contribution in [0.5, 0.6) is 0 Å². The Hall–Kier alpha value is -0.833. The second-order valence-electron chi connectivity index (χ2n) is 8.05. The number of nitrogens with one attached hydrogen (secondary N) is 1. The predicted molar refractivity (Wildman–Crippen MR) is 95.3 cm³/mol. The lowest BCUT2D eigenvalue weighted by Gasteiger charge is -2.46. The average Bonchev–Trinajstić information content (AvgIpc) is 2.34. The van der Waals surface area contributed by atoms with E-state index in [-0.39, 0.29) is 11.9 Å². The molecular weight excluding hydrogens is 274 g/mol. The SMILES string of the molecule is CC(=O)N[C@H](C)[C@H](CC1=CCC=CC1)[Si](C)(C)C(C)(C)C. The van der Waals surface area contributed by atoms with E-state index in [0.717, 1.165) is 19.3 Å². The summed E-state index contributed by atoms with van der Waals surface area (Å²) in [7, 11) is -1.53.